The van der Waals surface area contributed by atoms with Gasteiger partial charge < -0.3 is 15.1 Å². The number of carboxylic acids is 1. The number of carbonyl (C=O) groups is 1. The zero-order valence-corrected chi connectivity index (χ0v) is 20.1. The molecule has 3 N–H and O–H groups in total. The zero-order valence-electron chi connectivity index (χ0n) is 19.2. The molecular weight excluding hydrogens is 456 g/mol. The highest BCUT2D eigenvalue weighted by molar-refractivity contribution is 7.58. The Morgan fingerprint density at radius 3 is 2.32 bits per heavy atom. The summed E-state index contributed by atoms with van der Waals surface area (Å²) < 4.78 is 26.4. The maximum absolute atomic E-state index is 13.7. The lowest BCUT2D eigenvalue weighted by Crippen LogP contribution is -2.19. The Labute approximate surface area is 198 Å². The molecule has 8 heteroatoms. The molecule has 0 aliphatic heterocycles. The number of aromatic nitrogens is 1. The summed E-state index contributed by atoms with van der Waals surface area (Å²) in [5.41, 5.74) is 5.81. The molecule has 0 saturated carbocycles. The predicted octanol–water partition coefficient (Wildman–Crippen LogP) is 5.07. The molecule has 180 valence electrons. The quantitative estimate of drug-likeness (QED) is 0.346. The van der Waals surface area contributed by atoms with Crippen molar-refractivity contribution in [2.24, 2.45) is 0 Å². The molecule has 1 aromatic heterocycles. The lowest BCUT2D eigenvalue weighted by molar-refractivity contribution is -0.138. The average Bonchev–Trinajstić information content (AvgIpc) is 2.78. The van der Waals surface area contributed by atoms with E-state index in [2.05, 4.69) is 0 Å². The van der Waals surface area contributed by atoms with E-state index in [-0.39, 0.29) is 18.4 Å². The summed E-state index contributed by atoms with van der Waals surface area (Å²) in [6.07, 6.45) is -1.79. The van der Waals surface area contributed by atoms with Crippen LogP contribution in [0.3, 0.4) is 0 Å². The van der Waals surface area contributed by atoms with Gasteiger partial charge in [0.15, 0.2) is 0 Å². The molecule has 0 aliphatic rings. The highest BCUT2D eigenvalue weighted by Crippen LogP contribution is 2.44. The first-order valence-corrected chi connectivity index (χ1v) is 13.2. The number of aliphatic hydroxyl groups is 1. The number of carboxylic acid groups (broad SMARTS) is 1. The van der Waals surface area contributed by atoms with E-state index in [0.29, 0.717) is 6.42 Å². The summed E-state index contributed by atoms with van der Waals surface area (Å²) in [5.74, 6) is -1.58. The van der Waals surface area contributed by atoms with E-state index in [1.165, 1.54) is 12.1 Å². The van der Waals surface area contributed by atoms with Crippen molar-refractivity contribution in [3.05, 3.63) is 77.2 Å². The van der Waals surface area contributed by atoms with Crippen molar-refractivity contribution in [3.63, 3.8) is 0 Å². The molecule has 0 amide bonds. The molecular formula is C26H29FNO5P. The Kier molecular flexibility index (Phi) is 8.37. The van der Waals surface area contributed by atoms with Gasteiger partial charge in [-0.15, -0.1) is 0 Å². The van der Waals surface area contributed by atoms with Gasteiger partial charge in [0.1, 0.15) is 5.82 Å². The molecule has 3 rings (SSSR count). The van der Waals surface area contributed by atoms with Crippen LogP contribution in [0.25, 0.3) is 22.4 Å². The number of hydrogen-bond donors (Lipinski definition) is 3. The van der Waals surface area contributed by atoms with Crippen LogP contribution < -0.4 is 0 Å². The molecule has 3 aromatic rings. The van der Waals surface area contributed by atoms with Gasteiger partial charge in [0.25, 0.3) is 0 Å². The van der Waals surface area contributed by atoms with E-state index in [4.69, 9.17) is 10.1 Å². The minimum Gasteiger partial charge on any atom is -0.481 e. The molecule has 6 nitrogen and oxygen atoms in total. The Morgan fingerprint density at radius 1 is 1.09 bits per heavy atom. The first kappa shape index (κ1) is 25.8. The van der Waals surface area contributed by atoms with Crippen LogP contribution in [0.4, 0.5) is 4.39 Å². The van der Waals surface area contributed by atoms with Gasteiger partial charge >= 0.3 is 5.97 Å². The van der Waals surface area contributed by atoms with Crippen molar-refractivity contribution < 1.29 is 28.9 Å². The fourth-order valence-electron chi connectivity index (χ4n) is 4.19. The molecule has 0 fully saturated rings. The Bertz CT molecular complexity index is 1200. The molecule has 0 spiro atoms. The lowest BCUT2D eigenvalue weighted by Gasteiger charge is -2.21. The average molecular weight is 485 g/mol. The molecule has 2 atom stereocenters. The number of pyridine rings is 1. The van der Waals surface area contributed by atoms with Gasteiger partial charge in [-0.2, -0.15) is 0 Å². The highest BCUT2D eigenvalue weighted by Gasteiger charge is 2.26. The van der Waals surface area contributed by atoms with Gasteiger partial charge in [-0.3, -0.25) is 14.3 Å². The number of aliphatic hydroxyl groups excluding tert-OH is 1. The molecule has 1 heterocycles. The van der Waals surface area contributed by atoms with Crippen molar-refractivity contribution in [2.75, 3.05) is 12.3 Å². The lowest BCUT2D eigenvalue weighted by atomic mass is 9.89. The number of halogens is 1. The third-order valence-corrected chi connectivity index (χ3v) is 7.67. The summed E-state index contributed by atoms with van der Waals surface area (Å²) in [4.78, 5) is 26.2. The smallest absolute Gasteiger partial charge is 0.305 e. The van der Waals surface area contributed by atoms with Crippen LogP contribution >= 0.6 is 7.37 Å². The third kappa shape index (κ3) is 6.38. The molecule has 34 heavy (non-hydrogen) atoms. The van der Waals surface area contributed by atoms with Crippen molar-refractivity contribution >= 4 is 13.3 Å². The van der Waals surface area contributed by atoms with Crippen LogP contribution in [0.5, 0.6) is 0 Å². The second-order valence-corrected chi connectivity index (χ2v) is 10.9. The predicted molar refractivity (Wildman–Crippen MR) is 131 cm³/mol. The second kappa shape index (κ2) is 11.0. The summed E-state index contributed by atoms with van der Waals surface area (Å²) >= 11 is 0. The number of aliphatic carboxylic acids is 1. The van der Waals surface area contributed by atoms with Gasteiger partial charge in [-0.05, 0) is 54.2 Å². The normalized spacial score (nSPS) is 13.9. The Hall–Kier alpha value is -2.86. The van der Waals surface area contributed by atoms with Crippen molar-refractivity contribution in [2.45, 2.75) is 39.2 Å². The summed E-state index contributed by atoms with van der Waals surface area (Å²) in [6.45, 7) is 3.89. The van der Waals surface area contributed by atoms with Crippen molar-refractivity contribution in [1.29, 1.82) is 0 Å². The topological polar surface area (TPSA) is 108 Å². The Morgan fingerprint density at radius 2 is 1.74 bits per heavy atom. The van der Waals surface area contributed by atoms with E-state index in [9.17, 15) is 23.7 Å². The first-order valence-electron chi connectivity index (χ1n) is 11.2. The van der Waals surface area contributed by atoms with Crippen molar-refractivity contribution in [3.8, 4) is 22.4 Å². The number of benzene rings is 2. The highest BCUT2D eigenvalue weighted by atomic mass is 31.2. The zero-order chi connectivity index (χ0) is 24.9. The maximum atomic E-state index is 13.7. The van der Waals surface area contributed by atoms with Crippen molar-refractivity contribution in [1.82, 2.24) is 4.98 Å². The van der Waals surface area contributed by atoms with Crippen LogP contribution in [0, 0.1) is 12.7 Å². The van der Waals surface area contributed by atoms with Gasteiger partial charge in [0, 0.05) is 17.4 Å². The van der Waals surface area contributed by atoms with Crippen LogP contribution in [-0.4, -0.2) is 44.5 Å². The molecule has 2 aromatic carbocycles. The number of aryl methyl sites for hydroxylation is 1. The fourth-order valence-corrected chi connectivity index (χ4v) is 5.74. The van der Waals surface area contributed by atoms with Gasteiger partial charge in [-0.25, -0.2) is 4.39 Å². The number of rotatable bonds is 10. The summed E-state index contributed by atoms with van der Waals surface area (Å²) in [6, 6.07) is 15.8. The third-order valence-electron chi connectivity index (χ3n) is 5.76. The molecule has 0 aliphatic carbocycles. The monoisotopic (exact) mass is 485 g/mol. The molecule has 2 unspecified atom stereocenters. The van der Waals surface area contributed by atoms with Crippen LogP contribution in [0.15, 0.2) is 54.6 Å². The molecule has 0 radical (unpaired) electrons. The number of hydrogen-bond acceptors (Lipinski definition) is 4. The fraction of sp³-hybridized carbons (Fsp3) is 0.308. The standard InChI is InChI=1S/C26H29FNO5P/c1-3-23-22(13-14-34(32,33)16-21(29)15-24(30)31)25(18-9-11-20(27)12-10-18)17(2)26(28-23)19-7-5-4-6-8-19/h4-12,21,29H,3,13-16H2,1-2H3,(H,30,31)(H,32,33). The SMILES string of the molecule is CCc1nc(-c2ccccc2)c(C)c(-c2ccc(F)cc2)c1CCP(=O)(O)CC(O)CC(=O)O. The van der Waals surface area contributed by atoms with E-state index < -0.39 is 32.0 Å². The molecule has 0 bridgehead atoms. The second-order valence-electron chi connectivity index (χ2n) is 8.37. The summed E-state index contributed by atoms with van der Waals surface area (Å²) in [5, 5.41) is 18.7. The largest absolute Gasteiger partial charge is 0.481 e. The Balaban J connectivity index is 2.07. The van der Waals surface area contributed by atoms with Crippen LogP contribution in [0.1, 0.15) is 30.2 Å². The van der Waals surface area contributed by atoms with Gasteiger partial charge in [-0.1, -0.05) is 49.4 Å². The van der Waals surface area contributed by atoms with E-state index in [1.807, 2.05) is 44.2 Å². The van der Waals surface area contributed by atoms with Gasteiger partial charge in [0.2, 0.25) is 7.37 Å². The van der Waals surface area contributed by atoms with E-state index >= 15 is 0 Å². The van der Waals surface area contributed by atoms with Gasteiger partial charge in [0.05, 0.1) is 24.4 Å². The first-order chi connectivity index (χ1) is 16.1. The van der Waals surface area contributed by atoms with Crippen LogP contribution in [0.2, 0.25) is 0 Å². The summed E-state index contributed by atoms with van der Waals surface area (Å²) in [7, 11) is -3.81. The number of nitrogens with zero attached hydrogens (tertiary/aromatic N) is 1. The molecule has 0 saturated heterocycles. The minimum atomic E-state index is -3.81. The minimum absolute atomic E-state index is 0.128. The van der Waals surface area contributed by atoms with Crippen LogP contribution in [-0.2, 0) is 22.2 Å². The van der Waals surface area contributed by atoms with E-state index in [1.54, 1.807) is 12.1 Å². The maximum Gasteiger partial charge on any atom is 0.305 e. The van der Waals surface area contributed by atoms with E-state index in [0.717, 1.165) is 39.2 Å².